The summed E-state index contributed by atoms with van der Waals surface area (Å²) < 4.78 is 0. The number of aliphatic carboxylic acids is 1. The number of hydrogen-bond acceptors (Lipinski definition) is 1. The second kappa shape index (κ2) is 3.92. The van der Waals surface area contributed by atoms with Crippen molar-refractivity contribution in [3.63, 3.8) is 0 Å². The molecule has 2 nitrogen and oxygen atoms in total. The van der Waals surface area contributed by atoms with Gasteiger partial charge < -0.3 is 5.11 Å². The second-order valence-electron chi connectivity index (χ2n) is 5.13. The van der Waals surface area contributed by atoms with E-state index in [0.29, 0.717) is 0 Å². The molecule has 14 heavy (non-hydrogen) atoms. The number of hydrogen-bond donors (Lipinski definition) is 1. The highest BCUT2D eigenvalue weighted by molar-refractivity contribution is 5.77. The van der Waals surface area contributed by atoms with Crippen LogP contribution in [0.5, 0.6) is 0 Å². The van der Waals surface area contributed by atoms with Crippen molar-refractivity contribution in [3.8, 4) is 0 Å². The van der Waals surface area contributed by atoms with Crippen LogP contribution in [-0.4, -0.2) is 11.1 Å². The zero-order valence-electron chi connectivity index (χ0n) is 8.80. The molecule has 0 atom stereocenters. The molecule has 0 aromatic rings. The van der Waals surface area contributed by atoms with Crippen molar-refractivity contribution in [1.82, 2.24) is 0 Å². The topological polar surface area (TPSA) is 37.3 Å². The minimum absolute atomic E-state index is 0.279. The quantitative estimate of drug-likeness (QED) is 0.733. The highest BCUT2D eigenvalue weighted by Gasteiger charge is 2.49. The van der Waals surface area contributed by atoms with Gasteiger partial charge in [-0.25, -0.2) is 0 Å². The molecule has 2 rings (SSSR count). The van der Waals surface area contributed by atoms with E-state index in [-0.39, 0.29) is 5.41 Å². The number of carboxylic acid groups (broad SMARTS) is 1. The van der Waals surface area contributed by atoms with E-state index in [0.717, 1.165) is 31.6 Å². The van der Waals surface area contributed by atoms with Crippen LogP contribution < -0.4 is 0 Å². The van der Waals surface area contributed by atoms with Gasteiger partial charge in [0.15, 0.2) is 0 Å². The normalized spacial score (nSPS) is 25.1. The average molecular weight is 196 g/mol. The third-order valence-electron chi connectivity index (χ3n) is 4.05. The van der Waals surface area contributed by atoms with Crippen LogP contribution in [0.3, 0.4) is 0 Å². The highest BCUT2D eigenvalue weighted by atomic mass is 16.4. The van der Waals surface area contributed by atoms with Gasteiger partial charge in [-0.2, -0.15) is 0 Å². The fraction of sp³-hybridized carbons (Fsp3) is 0.917. The Balaban J connectivity index is 1.65. The summed E-state index contributed by atoms with van der Waals surface area (Å²) in [4.78, 5) is 10.9. The Morgan fingerprint density at radius 1 is 1.29 bits per heavy atom. The smallest absolute Gasteiger partial charge is 0.309 e. The van der Waals surface area contributed by atoms with E-state index in [4.69, 9.17) is 5.11 Å². The summed E-state index contributed by atoms with van der Waals surface area (Å²) in [5.41, 5.74) is -0.279. The third-order valence-corrected chi connectivity index (χ3v) is 4.05. The molecule has 0 aromatic heterocycles. The van der Waals surface area contributed by atoms with Crippen molar-refractivity contribution in [2.24, 2.45) is 11.3 Å². The predicted octanol–water partition coefficient (Wildman–Crippen LogP) is 3.21. The van der Waals surface area contributed by atoms with Crippen LogP contribution in [0.25, 0.3) is 0 Å². The first kappa shape index (κ1) is 10.0. The molecule has 2 fully saturated rings. The van der Waals surface area contributed by atoms with Gasteiger partial charge in [0.05, 0.1) is 5.41 Å². The van der Waals surface area contributed by atoms with Crippen molar-refractivity contribution in [2.75, 3.05) is 0 Å². The maximum Gasteiger partial charge on any atom is 0.309 e. The van der Waals surface area contributed by atoms with Gasteiger partial charge in [0, 0.05) is 0 Å². The molecule has 0 aliphatic heterocycles. The molecule has 2 aliphatic rings. The molecule has 0 heterocycles. The van der Waals surface area contributed by atoms with Crippen molar-refractivity contribution < 1.29 is 9.90 Å². The molecule has 0 aromatic carbocycles. The average Bonchev–Trinajstić information content (AvgIpc) is 2.76. The lowest BCUT2D eigenvalue weighted by Crippen LogP contribution is -2.14. The maximum atomic E-state index is 10.9. The lowest BCUT2D eigenvalue weighted by molar-refractivity contribution is -0.143. The molecule has 0 radical (unpaired) electrons. The first-order valence-electron chi connectivity index (χ1n) is 5.96. The summed E-state index contributed by atoms with van der Waals surface area (Å²) in [6.45, 7) is 0. The molecule has 80 valence electrons. The maximum absolute atomic E-state index is 10.9. The van der Waals surface area contributed by atoms with Crippen molar-refractivity contribution >= 4 is 5.97 Å². The first-order valence-corrected chi connectivity index (χ1v) is 5.96. The Hall–Kier alpha value is -0.530. The second-order valence-corrected chi connectivity index (χ2v) is 5.13. The Morgan fingerprint density at radius 3 is 2.43 bits per heavy atom. The number of rotatable bonds is 5. The summed E-state index contributed by atoms with van der Waals surface area (Å²) in [5.74, 6) is 0.364. The van der Waals surface area contributed by atoms with E-state index in [1.807, 2.05) is 0 Å². The number of carbonyl (C=O) groups is 1. The van der Waals surface area contributed by atoms with Gasteiger partial charge in [0.25, 0.3) is 0 Å². The molecule has 0 bridgehead atoms. The van der Waals surface area contributed by atoms with Crippen LogP contribution in [-0.2, 0) is 4.79 Å². The molecule has 2 saturated carbocycles. The van der Waals surface area contributed by atoms with Gasteiger partial charge in [-0.15, -0.1) is 0 Å². The van der Waals surface area contributed by atoms with Gasteiger partial charge in [-0.05, 0) is 25.2 Å². The van der Waals surface area contributed by atoms with E-state index in [1.54, 1.807) is 0 Å². The van der Waals surface area contributed by atoms with Crippen LogP contribution in [0.15, 0.2) is 0 Å². The zero-order chi connectivity index (χ0) is 10.0. The molecule has 0 spiro atoms. The van der Waals surface area contributed by atoms with Crippen LogP contribution in [0.2, 0.25) is 0 Å². The predicted molar refractivity (Wildman–Crippen MR) is 55.1 cm³/mol. The first-order chi connectivity index (χ1) is 6.73. The molecular weight excluding hydrogens is 176 g/mol. The Kier molecular flexibility index (Phi) is 2.80. The lowest BCUT2D eigenvalue weighted by Gasteiger charge is -2.12. The zero-order valence-corrected chi connectivity index (χ0v) is 8.80. The Morgan fingerprint density at radius 2 is 1.93 bits per heavy atom. The van der Waals surface area contributed by atoms with Crippen LogP contribution in [0.4, 0.5) is 0 Å². The van der Waals surface area contributed by atoms with Gasteiger partial charge in [0.2, 0.25) is 0 Å². The summed E-state index contributed by atoms with van der Waals surface area (Å²) in [6.07, 6.45) is 10.8. The molecule has 2 aliphatic carbocycles. The summed E-state index contributed by atoms with van der Waals surface area (Å²) >= 11 is 0. The van der Waals surface area contributed by atoms with Crippen molar-refractivity contribution in [3.05, 3.63) is 0 Å². The molecule has 0 saturated heterocycles. The SMILES string of the molecule is O=C(O)C1(CCCC2CCCC2)CC1. The Labute approximate surface area is 85.7 Å². The monoisotopic (exact) mass is 196 g/mol. The third kappa shape index (κ3) is 2.10. The molecule has 0 unspecified atom stereocenters. The van der Waals surface area contributed by atoms with E-state index in [2.05, 4.69) is 0 Å². The van der Waals surface area contributed by atoms with E-state index in [9.17, 15) is 4.79 Å². The molecule has 2 heteroatoms. The molecule has 1 N–H and O–H groups in total. The summed E-state index contributed by atoms with van der Waals surface area (Å²) in [6, 6.07) is 0. The summed E-state index contributed by atoms with van der Waals surface area (Å²) in [5, 5.41) is 9.00. The van der Waals surface area contributed by atoms with Crippen molar-refractivity contribution in [1.29, 1.82) is 0 Å². The van der Waals surface area contributed by atoms with Gasteiger partial charge in [0.1, 0.15) is 0 Å². The minimum atomic E-state index is -0.552. The highest BCUT2D eigenvalue weighted by Crippen LogP contribution is 2.50. The fourth-order valence-electron chi connectivity index (χ4n) is 2.75. The van der Waals surface area contributed by atoms with Gasteiger partial charge >= 0.3 is 5.97 Å². The van der Waals surface area contributed by atoms with E-state index >= 15 is 0 Å². The summed E-state index contributed by atoms with van der Waals surface area (Å²) in [7, 11) is 0. The standard InChI is InChI=1S/C12H20O2/c13-11(14)12(8-9-12)7-3-6-10-4-1-2-5-10/h10H,1-9H2,(H,13,14). The Bertz CT molecular complexity index is 212. The van der Waals surface area contributed by atoms with Gasteiger partial charge in [-0.1, -0.05) is 38.5 Å². The van der Waals surface area contributed by atoms with Crippen molar-refractivity contribution in [2.45, 2.75) is 57.8 Å². The van der Waals surface area contributed by atoms with E-state index < -0.39 is 5.97 Å². The van der Waals surface area contributed by atoms with E-state index in [1.165, 1.54) is 32.1 Å². The number of carboxylic acids is 1. The largest absolute Gasteiger partial charge is 0.481 e. The minimum Gasteiger partial charge on any atom is -0.481 e. The molecule has 0 amide bonds. The van der Waals surface area contributed by atoms with Crippen LogP contribution in [0.1, 0.15) is 57.8 Å². The fourth-order valence-corrected chi connectivity index (χ4v) is 2.75. The van der Waals surface area contributed by atoms with Crippen LogP contribution >= 0.6 is 0 Å². The van der Waals surface area contributed by atoms with Gasteiger partial charge in [-0.3, -0.25) is 4.79 Å². The molecular formula is C12H20O2. The van der Waals surface area contributed by atoms with Crippen LogP contribution in [0, 0.1) is 11.3 Å². The lowest BCUT2D eigenvalue weighted by atomic mass is 9.94.